The maximum absolute atomic E-state index is 12.6. The minimum absolute atomic E-state index is 0.284. The number of imide groups is 1. The number of rotatable bonds is 7. The Kier molecular flexibility index (Phi) is 6.05. The quantitative estimate of drug-likeness (QED) is 0.732. The van der Waals surface area contributed by atoms with Gasteiger partial charge in [0, 0.05) is 5.69 Å². The van der Waals surface area contributed by atoms with Crippen LogP contribution in [0.25, 0.3) is 0 Å². The Hall–Kier alpha value is -2.37. The van der Waals surface area contributed by atoms with Crippen LogP contribution in [0.1, 0.15) is 58.9 Å². The summed E-state index contributed by atoms with van der Waals surface area (Å²) in [6.07, 6.45) is 1.38. The first-order chi connectivity index (χ1) is 12.1. The van der Waals surface area contributed by atoms with Gasteiger partial charge in [-0.2, -0.15) is 0 Å². The molecular weight excluding hydrogens is 330 g/mol. The lowest BCUT2D eigenvalue weighted by molar-refractivity contribution is -0.133. The predicted molar refractivity (Wildman–Crippen MR) is 102 cm³/mol. The van der Waals surface area contributed by atoms with Gasteiger partial charge in [-0.15, -0.1) is 0 Å². The van der Waals surface area contributed by atoms with Crippen molar-refractivity contribution in [2.75, 3.05) is 11.9 Å². The smallest absolute Gasteiger partial charge is 0.325 e. The minimum Gasteiger partial charge on any atom is -0.325 e. The van der Waals surface area contributed by atoms with E-state index in [9.17, 15) is 14.4 Å². The first kappa shape index (κ1) is 19.9. The van der Waals surface area contributed by atoms with Gasteiger partial charge in [-0.25, -0.2) is 4.79 Å². The van der Waals surface area contributed by atoms with Crippen molar-refractivity contribution < 1.29 is 14.4 Å². The monoisotopic (exact) mass is 359 g/mol. The fraction of sp³-hybridized carbons (Fsp3) is 0.550. The molecule has 26 heavy (non-hydrogen) atoms. The van der Waals surface area contributed by atoms with Crippen LogP contribution < -0.4 is 10.6 Å². The number of urea groups is 1. The molecule has 0 spiro atoms. The molecule has 4 amide bonds. The molecule has 1 saturated heterocycles. The first-order valence-corrected chi connectivity index (χ1v) is 9.16. The summed E-state index contributed by atoms with van der Waals surface area (Å²) in [4.78, 5) is 38.1. The maximum Gasteiger partial charge on any atom is 0.325 e. The van der Waals surface area contributed by atoms with Gasteiger partial charge in [0.15, 0.2) is 0 Å². The molecule has 1 aliphatic heterocycles. The second kappa shape index (κ2) is 7.89. The third-order valence-electron chi connectivity index (χ3n) is 4.73. The molecule has 1 aromatic carbocycles. The molecular formula is C20H29N3O3. The van der Waals surface area contributed by atoms with Gasteiger partial charge < -0.3 is 10.6 Å². The highest BCUT2D eigenvalue weighted by Crippen LogP contribution is 2.24. The molecule has 1 aliphatic rings. The molecule has 2 rings (SSSR count). The molecule has 6 heteroatoms. The highest BCUT2D eigenvalue weighted by molar-refractivity contribution is 6.09. The third-order valence-corrected chi connectivity index (χ3v) is 4.73. The summed E-state index contributed by atoms with van der Waals surface area (Å²) >= 11 is 0. The lowest BCUT2D eigenvalue weighted by Gasteiger charge is -2.22. The SMILES string of the molecule is CC(C)CCC1(C)NC(=O)N(CC(=O)Nc2ccc(C(C)C)cc2)C1=O. The van der Waals surface area contributed by atoms with Gasteiger partial charge >= 0.3 is 6.03 Å². The Bertz CT molecular complexity index is 682. The van der Waals surface area contributed by atoms with E-state index in [1.165, 1.54) is 5.56 Å². The average Bonchev–Trinajstić information content (AvgIpc) is 2.77. The summed E-state index contributed by atoms with van der Waals surface area (Å²) in [6.45, 7) is 9.77. The molecule has 0 saturated carbocycles. The lowest BCUT2D eigenvalue weighted by Crippen LogP contribution is -2.44. The molecule has 1 heterocycles. The van der Waals surface area contributed by atoms with Crippen LogP contribution in [0.4, 0.5) is 10.5 Å². The summed E-state index contributed by atoms with van der Waals surface area (Å²) in [5, 5.41) is 5.47. The van der Waals surface area contributed by atoms with Crippen LogP contribution in [-0.4, -0.2) is 34.8 Å². The summed E-state index contributed by atoms with van der Waals surface area (Å²) in [6, 6.07) is 7.05. The van der Waals surface area contributed by atoms with Gasteiger partial charge in [0.2, 0.25) is 5.91 Å². The van der Waals surface area contributed by atoms with E-state index in [1.54, 1.807) is 6.92 Å². The van der Waals surface area contributed by atoms with Crippen molar-refractivity contribution in [2.24, 2.45) is 5.92 Å². The molecule has 0 bridgehead atoms. The highest BCUT2D eigenvalue weighted by atomic mass is 16.2. The average molecular weight is 359 g/mol. The maximum atomic E-state index is 12.6. The van der Waals surface area contributed by atoms with E-state index < -0.39 is 11.6 Å². The Morgan fingerprint density at radius 2 is 1.77 bits per heavy atom. The van der Waals surface area contributed by atoms with E-state index >= 15 is 0 Å². The van der Waals surface area contributed by atoms with E-state index in [-0.39, 0.29) is 18.4 Å². The van der Waals surface area contributed by atoms with Gasteiger partial charge in [-0.05, 0) is 49.3 Å². The van der Waals surface area contributed by atoms with Crippen molar-refractivity contribution in [3.63, 3.8) is 0 Å². The topological polar surface area (TPSA) is 78.5 Å². The molecule has 2 N–H and O–H groups in total. The van der Waals surface area contributed by atoms with E-state index in [0.29, 0.717) is 23.9 Å². The second-order valence-electron chi connectivity index (χ2n) is 7.91. The van der Waals surface area contributed by atoms with Crippen LogP contribution in [0.15, 0.2) is 24.3 Å². The molecule has 142 valence electrons. The minimum atomic E-state index is -0.930. The number of hydrogen-bond acceptors (Lipinski definition) is 3. The summed E-state index contributed by atoms with van der Waals surface area (Å²) < 4.78 is 0. The van der Waals surface area contributed by atoms with Gasteiger partial charge in [0.25, 0.3) is 5.91 Å². The largest absolute Gasteiger partial charge is 0.325 e. The lowest BCUT2D eigenvalue weighted by atomic mass is 9.92. The van der Waals surface area contributed by atoms with E-state index in [4.69, 9.17) is 0 Å². The van der Waals surface area contributed by atoms with Crippen molar-refractivity contribution in [3.05, 3.63) is 29.8 Å². The molecule has 1 atom stereocenters. The third kappa shape index (κ3) is 4.62. The van der Waals surface area contributed by atoms with Crippen LogP contribution >= 0.6 is 0 Å². The standard InChI is InChI=1S/C20H29N3O3/c1-13(2)10-11-20(5)18(25)23(19(26)22-20)12-17(24)21-16-8-6-15(7-9-16)14(3)4/h6-9,13-14H,10-12H2,1-5H3,(H,21,24)(H,22,26). The number of nitrogens with one attached hydrogen (secondary N) is 2. The number of hydrogen-bond donors (Lipinski definition) is 2. The number of benzene rings is 1. The number of amides is 4. The molecule has 1 unspecified atom stereocenters. The highest BCUT2D eigenvalue weighted by Gasteiger charge is 2.47. The molecule has 1 fully saturated rings. The van der Waals surface area contributed by atoms with Crippen molar-refractivity contribution in [2.45, 2.75) is 58.9 Å². The van der Waals surface area contributed by atoms with E-state index in [1.807, 2.05) is 24.3 Å². The van der Waals surface area contributed by atoms with Gasteiger partial charge in [0.1, 0.15) is 12.1 Å². The molecule has 0 aliphatic carbocycles. The number of nitrogens with zero attached hydrogens (tertiary/aromatic N) is 1. The summed E-state index contributed by atoms with van der Waals surface area (Å²) in [7, 11) is 0. The van der Waals surface area contributed by atoms with Crippen LogP contribution in [0.3, 0.4) is 0 Å². The molecule has 1 aromatic rings. The van der Waals surface area contributed by atoms with Crippen molar-refractivity contribution in [1.29, 1.82) is 0 Å². The zero-order chi connectivity index (χ0) is 19.5. The normalized spacial score (nSPS) is 20.0. The van der Waals surface area contributed by atoms with E-state index in [2.05, 4.69) is 38.3 Å². The first-order valence-electron chi connectivity index (χ1n) is 9.16. The number of carbonyl (C=O) groups excluding carboxylic acids is 3. The van der Waals surface area contributed by atoms with E-state index in [0.717, 1.165) is 11.3 Å². The molecule has 0 aromatic heterocycles. The Labute approximate surface area is 155 Å². The van der Waals surface area contributed by atoms with Crippen molar-refractivity contribution in [1.82, 2.24) is 10.2 Å². The Morgan fingerprint density at radius 3 is 2.31 bits per heavy atom. The van der Waals surface area contributed by atoms with Gasteiger partial charge in [-0.3, -0.25) is 14.5 Å². The predicted octanol–water partition coefficient (Wildman–Crippen LogP) is 3.50. The van der Waals surface area contributed by atoms with Crippen molar-refractivity contribution >= 4 is 23.5 Å². The zero-order valence-corrected chi connectivity index (χ0v) is 16.3. The van der Waals surface area contributed by atoms with Gasteiger partial charge in [-0.1, -0.05) is 39.8 Å². The van der Waals surface area contributed by atoms with Crippen LogP contribution in [0.2, 0.25) is 0 Å². The number of carbonyl (C=O) groups is 3. The molecule has 0 radical (unpaired) electrons. The fourth-order valence-corrected chi connectivity index (χ4v) is 2.93. The van der Waals surface area contributed by atoms with Crippen LogP contribution in [0, 0.1) is 5.92 Å². The second-order valence-corrected chi connectivity index (χ2v) is 7.91. The summed E-state index contributed by atoms with van der Waals surface area (Å²) in [5.74, 6) is 0.115. The number of anilines is 1. The molecule has 6 nitrogen and oxygen atoms in total. The Morgan fingerprint density at radius 1 is 1.15 bits per heavy atom. The van der Waals surface area contributed by atoms with Crippen LogP contribution in [0.5, 0.6) is 0 Å². The Balaban J connectivity index is 1.97. The van der Waals surface area contributed by atoms with Gasteiger partial charge in [0.05, 0.1) is 0 Å². The fourth-order valence-electron chi connectivity index (χ4n) is 2.93. The zero-order valence-electron chi connectivity index (χ0n) is 16.3. The summed E-state index contributed by atoms with van der Waals surface area (Å²) in [5.41, 5.74) is 0.896. The van der Waals surface area contributed by atoms with Crippen molar-refractivity contribution in [3.8, 4) is 0 Å². The van der Waals surface area contributed by atoms with Crippen LogP contribution in [-0.2, 0) is 9.59 Å².